The number of hydrogen-bond donors (Lipinski definition) is 2. The van der Waals surface area contributed by atoms with Gasteiger partial charge in [0.15, 0.2) is 4.77 Å². The first-order chi connectivity index (χ1) is 7.49. The molecule has 0 spiro atoms. The second-order valence-corrected chi connectivity index (χ2v) is 4.51. The molecule has 1 aromatic heterocycles. The Balaban J connectivity index is 2.74. The van der Waals surface area contributed by atoms with E-state index in [4.69, 9.17) is 18.0 Å². The van der Waals surface area contributed by atoms with Crippen molar-refractivity contribution >= 4 is 45.1 Å². The Morgan fingerprint density at radius 3 is 2.94 bits per heavy atom. The molecule has 3 N–H and O–H groups in total. The maximum Gasteiger partial charge on any atom is 0.237 e. The number of imidazole rings is 1. The second-order valence-electron chi connectivity index (χ2n) is 3.27. The summed E-state index contributed by atoms with van der Waals surface area (Å²) in [6.07, 6.45) is 0. The van der Waals surface area contributed by atoms with Crippen molar-refractivity contribution in [3.63, 3.8) is 0 Å². The van der Waals surface area contributed by atoms with Crippen molar-refractivity contribution in [2.24, 2.45) is 5.73 Å². The normalized spacial score (nSPS) is 10.9. The van der Waals surface area contributed by atoms with E-state index in [-0.39, 0.29) is 6.54 Å². The fraction of sp³-hybridized carbons (Fsp3) is 0.111. The van der Waals surface area contributed by atoms with Gasteiger partial charge in [-0.1, -0.05) is 0 Å². The fourth-order valence-corrected chi connectivity index (χ4v) is 2.07. The molecule has 0 bridgehead atoms. The summed E-state index contributed by atoms with van der Waals surface area (Å²) in [5.41, 5.74) is 6.28. The van der Waals surface area contributed by atoms with E-state index in [0.29, 0.717) is 20.3 Å². The predicted octanol–water partition coefficient (Wildman–Crippen LogP) is 2.09. The quantitative estimate of drug-likeness (QED) is 0.834. The van der Waals surface area contributed by atoms with Gasteiger partial charge in [0, 0.05) is 6.07 Å². The zero-order valence-electron chi connectivity index (χ0n) is 7.96. The van der Waals surface area contributed by atoms with Crippen LogP contribution < -0.4 is 5.73 Å². The Kier molecular flexibility index (Phi) is 2.81. The van der Waals surface area contributed by atoms with Crippen LogP contribution in [0.1, 0.15) is 0 Å². The zero-order chi connectivity index (χ0) is 11.9. The largest absolute Gasteiger partial charge is 0.368 e. The van der Waals surface area contributed by atoms with Gasteiger partial charge in [0.1, 0.15) is 12.4 Å². The third kappa shape index (κ3) is 1.88. The molecule has 16 heavy (non-hydrogen) atoms. The number of fused-ring (bicyclic) bond motifs is 1. The molecule has 2 rings (SSSR count). The van der Waals surface area contributed by atoms with Crippen molar-refractivity contribution in [2.75, 3.05) is 0 Å². The van der Waals surface area contributed by atoms with E-state index in [1.807, 2.05) is 0 Å². The average molecular weight is 304 g/mol. The summed E-state index contributed by atoms with van der Waals surface area (Å²) in [7, 11) is 0. The van der Waals surface area contributed by atoms with Gasteiger partial charge < -0.3 is 15.3 Å². The van der Waals surface area contributed by atoms with Crippen molar-refractivity contribution in [1.82, 2.24) is 9.55 Å². The minimum Gasteiger partial charge on any atom is -0.368 e. The van der Waals surface area contributed by atoms with Gasteiger partial charge in [-0.2, -0.15) is 0 Å². The molecule has 84 valence electrons. The summed E-state index contributed by atoms with van der Waals surface area (Å²) in [5.74, 6) is -0.896. The van der Waals surface area contributed by atoms with Gasteiger partial charge in [-0.25, -0.2) is 4.39 Å². The van der Waals surface area contributed by atoms with Crippen molar-refractivity contribution < 1.29 is 9.18 Å². The summed E-state index contributed by atoms with van der Waals surface area (Å²) in [6.45, 7) is -0.0308. The van der Waals surface area contributed by atoms with E-state index >= 15 is 0 Å². The third-order valence-electron chi connectivity index (χ3n) is 2.13. The third-order valence-corrected chi connectivity index (χ3v) is 3.06. The van der Waals surface area contributed by atoms with E-state index in [0.717, 1.165) is 0 Å². The zero-order valence-corrected chi connectivity index (χ0v) is 10.4. The Bertz CT molecular complexity index is 633. The van der Waals surface area contributed by atoms with Gasteiger partial charge in [0.25, 0.3) is 0 Å². The van der Waals surface area contributed by atoms with Crippen LogP contribution in [0, 0.1) is 10.6 Å². The highest BCUT2D eigenvalue weighted by atomic mass is 79.9. The predicted molar refractivity (Wildman–Crippen MR) is 64.0 cm³/mol. The summed E-state index contributed by atoms with van der Waals surface area (Å²) >= 11 is 8.09. The summed E-state index contributed by atoms with van der Waals surface area (Å²) in [4.78, 5) is 13.7. The van der Waals surface area contributed by atoms with E-state index in [2.05, 4.69) is 20.9 Å². The number of carbonyl (C=O) groups excluding carboxylic acids is 1. The van der Waals surface area contributed by atoms with Crippen LogP contribution in [-0.2, 0) is 11.3 Å². The van der Waals surface area contributed by atoms with Crippen LogP contribution in [0.5, 0.6) is 0 Å². The van der Waals surface area contributed by atoms with Crippen molar-refractivity contribution in [1.29, 1.82) is 0 Å². The number of carbonyl (C=O) groups is 1. The number of rotatable bonds is 2. The topological polar surface area (TPSA) is 63.8 Å². The molecular formula is C9H7BrFN3OS. The number of hydrogen-bond acceptors (Lipinski definition) is 2. The maximum absolute atomic E-state index is 13.3. The minimum atomic E-state index is -0.502. The number of benzene rings is 1. The van der Waals surface area contributed by atoms with Crippen LogP contribution >= 0.6 is 28.1 Å². The van der Waals surface area contributed by atoms with Gasteiger partial charge in [0.2, 0.25) is 5.91 Å². The molecule has 0 atom stereocenters. The number of primary amides is 1. The first kappa shape index (κ1) is 11.3. The highest BCUT2D eigenvalue weighted by molar-refractivity contribution is 9.10. The number of halogens is 2. The number of H-pyrrole nitrogens is 1. The first-order valence-electron chi connectivity index (χ1n) is 4.35. The van der Waals surface area contributed by atoms with Crippen LogP contribution in [0.4, 0.5) is 4.39 Å². The second kappa shape index (κ2) is 3.99. The molecule has 0 aliphatic carbocycles. The standard InChI is InChI=1S/C9H7BrFN3OS/c10-4-1-7-6(2-5(4)11)13-9(16)14(7)3-8(12)15/h1-2H,3H2,(H2,12,15)(H,13,16). The molecule has 0 unspecified atom stereocenters. The van der Waals surface area contributed by atoms with Gasteiger partial charge in [-0.05, 0) is 34.2 Å². The van der Waals surface area contributed by atoms with Gasteiger partial charge in [-0.3, -0.25) is 4.79 Å². The lowest BCUT2D eigenvalue weighted by Gasteiger charge is -2.01. The van der Waals surface area contributed by atoms with Crippen molar-refractivity contribution in [3.8, 4) is 0 Å². The molecule has 0 saturated heterocycles. The number of nitrogens with two attached hydrogens (primary N) is 1. The van der Waals surface area contributed by atoms with Crippen LogP contribution in [0.25, 0.3) is 11.0 Å². The van der Waals surface area contributed by atoms with E-state index < -0.39 is 11.7 Å². The molecule has 1 heterocycles. The molecule has 2 aromatic rings. The Morgan fingerprint density at radius 2 is 2.31 bits per heavy atom. The smallest absolute Gasteiger partial charge is 0.237 e. The highest BCUT2D eigenvalue weighted by Gasteiger charge is 2.09. The SMILES string of the molecule is NC(=O)Cn1c(=S)[nH]c2cc(F)c(Br)cc21. The van der Waals surface area contributed by atoms with Crippen molar-refractivity contribution in [3.05, 3.63) is 27.2 Å². The molecule has 0 fully saturated rings. The van der Waals surface area contributed by atoms with E-state index in [1.165, 1.54) is 10.6 Å². The highest BCUT2D eigenvalue weighted by Crippen LogP contribution is 2.23. The average Bonchev–Trinajstić information content (AvgIpc) is 2.45. The summed E-state index contributed by atoms with van der Waals surface area (Å²) in [5, 5.41) is 0. The van der Waals surface area contributed by atoms with Gasteiger partial charge in [-0.15, -0.1) is 0 Å². The Hall–Kier alpha value is -1.21. The van der Waals surface area contributed by atoms with Gasteiger partial charge in [0.05, 0.1) is 15.5 Å². The van der Waals surface area contributed by atoms with E-state index in [1.54, 1.807) is 6.07 Å². The molecule has 0 radical (unpaired) electrons. The van der Waals surface area contributed by atoms with Crippen LogP contribution in [0.15, 0.2) is 16.6 Å². The molecule has 1 amide bonds. The minimum absolute atomic E-state index is 0.0308. The number of aromatic nitrogens is 2. The Morgan fingerprint density at radius 1 is 1.62 bits per heavy atom. The van der Waals surface area contributed by atoms with Gasteiger partial charge >= 0.3 is 0 Å². The lowest BCUT2D eigenvalue weighted by molar-refractivity contribution is -0.118. The first-order valence-corrected chi connectivity index (χ1v) is 5.55. The number of amides is 1. The monoisotopic (exact) mass is 303 g/mol. The summed E-state index contributed by atoms with van der Waals surface area (Å²) in [6, 6.07) is 2.87. The number of aromatic amines is 1. The molecule has 0 aliphatic rings. The Labute approximate surface area is 103 Å². The number of nitrogens with one attached hydrogen (secondary N) is 1. The molecule has 7 heteroatoms. The molecule has 4 nitrogen and oxygen atoms in total. The molecule has 0 aliphatic heterocycles. The van der Waals surface area contributed by atoms with Crippen molar-refractivity contribution in [2.45, 2.75) is 6.54 Å². The molecule has 1 aromatic carbocycles. The molecule has 0 saturated carbocycles. The molecular weight excluding hydrogens is 297 g/mol. The maximum atomic E-state index is 13.3. The lowest BCUT2D eigenvalue weighted by Crippen LogP contribution is -2.18. The van der Waals surface area contributed by atoms with Crippen LogP contribution in [0.2, 0.25) is 0 Å². The van der Waals surface area contributed by atoms with Crippen LogP contribution in [0.3, 0.4) is 0 Å². The fourth-order valence-electron chi connectivity index (χ4n) is 1.46. The number of nitrogens with zero attached hydrogens (tertiary/aromatic N) is 1. The van der Waals surface area contributed by atoms with E-state index in [9.17, 15) is 9.18 Å². The lowest BCUT2D eigenvalue weighted by atomic mass is 10.3. The summed E-state index contributed by atoms with van der Waals surface area (Å²) < 4.78 is 15.4. The van der Waals surface area contributed by atoms with Crippen LogP contribution in [-0.4, -0.2) is 15.5 Å².